The number of hydrogen-bond donors (Lipinski definition) is 6. The summed E-state index contributed by atoms with van der Waals surface area (Å²) in [7, 11) is -11.8. The maximum Gasteiger partial charge on any atom is 1.00 e. The number of primary sulfonamides is 1. The number of sulfonamides is 3. The van der Waals surface area contributed by atoms with Gasteiger partial charge in [-0.3, -0.25) is 0 Å². The fraction of sp³-hybridized carbons (Fsp3) is 0.657. The molecule has 0 spiro atoms. The van der Waals surface area contributed by atoms with Crippen molar-refractivity contribution in [2.24, 2.45) is 33.6 Å². The van der Waals surface area contributed by atoms with Crippen molar-refractivity contribution >= 4 is 48.2 Å². The van der Waals surface area contributed by atoms with E-state index in [9.17, 15) is 39.6 Å². The van der Waals surface area contributed by atoms with Gasteiger partial charge in [-0.05, 0) is 54.4 Å². The van der Waals surface area contributed by atoms with E-state index >= 15 is 0 Å². The minimum absolute atomic E-state index is 0. The molecule has 3 aliphatic heterocycles. The normalized spacial score (nSPS) is 17.4. The van der Waals surface area contributed by atoms with Crippen LogP contribution in [0.5, 0.6) is 17.6 Å². The topological polar surface area (TPSA) is 347 Å². The van der Waals surface area contributed by atoms with E-state index in [-0.39, 0.29) is 87.4 Å². The molecule has 0 aromatic carbocycles. The first-order chi connectivity index (χ1) is 29.5. The summed E-state index contributed by atoms with van der Waals surface area (Å²) in [5, 5.41) is 21.9. The Morgan fingerprint density at radius 1 is 0.719 bits per heavy atom. The summed E-state index contributed by atoms with van der Waals surface area (Å²) in [5.41, 5.74) is 5.56. The molecular formula is C35H60N13NaO12S3. The first-order valence-corrected chi connectivity index (χ1v) is 24.5. The number of rotatable bonds is 11. The number of aliphatic imine (C=N–C) groups is 1. The number of fused-ring (bicyclic) bond motifs is 3. The van der Waals surface area contributed by atoms with Gasteiger partial charge in [0.05, 0.1) is 64.1 Å². The zero-order valence-electron chi connectivity index (χ0n) is 38.5. The molecule has 3 unspecified atom stereocenters. The van der Waals surface area contributed by atoms with Crippen LogP contribution >= 0.6 is 0 Å². The predicted molar refractivity (Wildman–Crippen MR) is 227 cm³/mol. The molecule has 25 nitrogen and oxygen atoms in total. The van der Waals surface area contributed by atoms with Crippen LogP contribution in [0.2, 0.25) is 0 Å². The number of aromatic nitrogens is 6. The molecule has 0 bridgehead atoms. The summed E-state index contributed by atoms with van der Waals surface area (Å²) in [6.45, 7) is 18.2. The molecule has 356 valence electrons. The third kappa shape index (κ3) is 16.3. The van der Waals surface area contributed by atoms with Crippen molar-refractivity contribution in [2.45, 2.75) is 121 Å². The summed E-state index contributed by atoms with van der Waals surface area (Å²) >= 11 is 0. The number of amides is 4. The van der Waals surface area contributed by atoms with Gasteiger partial charge in [0.2, 0.25) is 33.7 Å². The van der Waals surface area contributed by atoms with E-state index in [1.807, 2.05) is 30.2 Å². The third-order valence-electron chi connectivity index (χ3n) is 8.92. The van der Waals surface area contributed by atoms with Gasteiger partial charge in [-0.1, -0.05) is 13.8 Å². The molecule has 8 N–H and O–H groups in total. The molecule has 6 rings (SSSR count). The summed E-state index contributed by atoms with van der Waals surface area (Å²) in [6, 6.07) is -1.80. The van der Waals surface area contributed by atoms with E-state index in [0.29, 0.717) is 57.8 Å². The second-order valence-corrected chi connectivity index (χ2v) is 20.2. The number of isocyanates is 1. The molecular weight excluding hydrogens is 914 g/mol. The van der Waals surface area contributed by atoms with Crippen molar-refractivity contribution in [2.75, 3.05) is 26.4 Å². The van der Waals surface area contributed by atoms with E-state index in [1.165, 1.54) is 34.0 Å². The largest absolute Gasteiger partial charge is 1.00 e. The van der Waals surface area contributed by atoms with E-state index < -0.39 is 42.1 Å². The van der Waals surface area contributed by atoms with E-state index in [1.54, 1.807) is 32.4 Å². The maximum atomic E-state index is 12.2. The van der Waals surface area contributed by atoms with Crippen LogP contribution in [0.3, 0.4) is 0 Å². The smallest absolute Gasteiger partial charge is 1.00 e. The summed E-state index contributed by atoms with van der Waals surface area (Å²) < 4.78 is 95.8. The Kier molecular flexibility index (Phi) is 21.7. The van der Waals surface area contributed by atoms with Gasteiger partial charge in [-0.15, -0.1) is 0 Å². The van der Waals surface area contributed by atoms with Crippen molar-refractivity contribution in [3.05, 3.63) is 18.6 Å². The molecule has 0 aliphatic carbocycles. The van der Waals surface area contributed by atoms with E-state index in [2.05, 4.69) is 37.8 Å². The number of carbonyl (C=O) groups excluding carboxylic acids is 3. The summed E-state index contributed by atoms with van der Waals surface area (Å²) in [4.78, 5) is 35.4. The fourth-order valence-corrected chi connectivity index (χ4v) is 8.21. The molecule has 3 aromatic rings. The molecule has 3 aromatic heterocycles. The van der Waals surface area contributed by atoms with Crippen LogP contribution in [0.25, 0.3) is 0 Å². The Hall–Kier alpha value is -4.28. The molecule has 4 amide bonds. The Labute approximate surface area is 397 Å². The third-order valence-corrected chi connectivity index (χ3v) is 12.4. The average Bonchev–Trinajstić information content (AvgIpc) is 3.94. The zero-order chi connectivity index (χ0) is 47.3. The van der Waals surface area contributed by atoms with Crippen molar-refractivity contribution < 1.29 is 84.8 Å². The second-order valence-electron chi connectivity index (χ2n) is 15.4. The first kappa shape index (κ1) is 55.9. The predicted octanol–water partition coefficient (Wildman–Crippen LogP) is -2.26. The Morgan fingerprint density at radius 2 is 1.06 bits per heavy atom. The van der Waals surface area contributed by atoms with Gasteiger partial charge >= 0.3 is 41.6 Å². The molecule has 3 aliphatic rings. The standard InChI is InChI=1S/C12H20N4O4S.C11H19N5O4S.C8H13N3O3S.C4H7NO.Na.H/c1-4-9-6-16-11(20-7-9)10(5-13-16)21(18,19)15-12(17)14-8(2)3;1-7(2)14-11(17)15-21(18,19)9-4-13-16-5-8(3-12)6-20-10(9)16;1-2-6-4-11-8(14-5-6)7(3-10-11)15(9,12)13;1-4(2)5-3-6;;/h5,8-9H,4,6-7H2,1-3H3,(H2,14,15,17);4,7-8H,3,5-6,12H2,1-2H3,(H2,14,15,17);3,6H,2,4-5H2,1H3,(H2,9,12,13);4H,1-2H3;;/q;;;;+1;-1. The van der Waals surface area contributed by atoms with Crippen LogP contribution in [0.4, 0.5) is 9.59 Å². The number of urea groups is 2. The van der Waals surface area contributed by atoms with Crippen LogP contribution < -0.4 is 74.7 Å². The van der Waals surface area contributed by atoms with Crippen LogP contribution in [-0.4, -0.2) is 117 Å². The van der Waals surface area contributed by atoms with Crippen LogP contribution in [-0.2, 0) is 54.5 Å². The molecule has 6 heterocycles. The minimum Gasteiger partial charge on any atom is -1.00 e. The quantitative estimate of drug-likeness (QED) is 0.0671. The number of nitrogens with zero attached hydrogens (tertiary/aromatic N) is 7. The zero-order valence-corrected chi connectivity index (χ0v) is 41.9. The minimum atomic E-state index is -4.03. The number of nitrogens with one attached hydrogen (secondary N) is 4. The molecule has 29 heteroatoms. The molecule has 0 radical (unpaired) electrons. The van der Waals surface area contributed by atoms with E-state index in [4.69, 9.17) is 25.1 Å². The number of carbonyl (C=O) groups is 2. The van der Waals surface area contributed by atoms with Gasteiger partial charge in [0.1, 0.15) is 0 Å². The SMILES string of the molecule is CC(C)N=C=O.CC(C)NC(=O)NS(=O)(=O)c1cnn2c1OCC(CN)C2.CCC1COc2c(S(=O)(=O)NC(=O)NC(C)C)cnn2C1.CCC1COc2c(S(N)(=O)=O)cnn2C1.[H-].[Na+]. The van der Waals surface area contributed by atoms with Gasteiger partial charge in [0.25, 0.3) is 20.0 Å². The number of hydrogen-bond acceptors (Lipinski definition) is 17. The van der Waals surface area contributed by atoms with Crippen LogP contribution in [0, 0.1) is 17.8 Å². The van der Waals surface area contributed by atoms with Crippen LogP contribution in [0.15, 0.2) is 38.3 Å². The van der Waals surface area contributed by atoms with Gasteiger partial charge in [0.15, 0.2) is 14.7 Å². The Balaban J connectivity index is 0.000000457. The monoisotopic (exact) mass is 973 g/mol. The Morgan fingerprint density at radius 3 is 1.36 bits per heavy atom. The Bertz CT molecular complexity index is 2290. The first-order valence-electron chi connectivity index (χ1n) is 20.0. The maximum absolute atomic E-state index is 12.2. The van der Waals surface area contributed by atoms with Crippen molar-refractivity contribution in [3.8, 4) is 17.6 Å². The molecule has 0 saturated carbocycles. The van der Waals surface area contributed by atoms with Crippen molar-refractivity contribution in [3.63, 3.8) is 0 Å². The summed E-state index contributed by atoms with van der Waals surface area (Å²) in [5.74, 6) is 1.36. The molecule has 0 fully saturated rings. The van der Waals surface area contributed by atoms with E-state index in [0.717, 1.165) is 12.8 Å². The fourth-order valence-electron chi connectivity index (χ4n) is 5.62. The molecule has 0 saturated heterocycles. The van der Waals surface area contributed by atoms with Crippen LogP contribution in [0.1, 0.15) is 69.7 Å². The summed E-state index contributed by atoms with van der Waals surface area (Å²) in [6.07, 6.45) is 6.96. The van der Waals surface area contributed by atoms with Gasteiger partial charge in [-0.2, -0.15) is 15.3 Å². The number of ether oxygens (including phenoxy) is 3. The number of nitrogens with two attached hydrogens (primary N) is 2. The molecule has 3 atom stereocenters. The van der Waals surface area contributed by atoms with Crippen molar-refractivity contribution in [1.82, 2.24) is 49.4 Å². The second kappa shape index (κ2) is 24.9. The van der Waals surface area contributed by atoms with Crippen molar-refractivity contribution in [1.29, 1.82) is 0 Å². The van der Waals surface area contributed by atoms with Gasteiger partial charge in [0, 0.05) is 36.4 Å². The average molecular weight is 974 g/mol. The van der Waals surface area contributed by atoms with Gasteiger partial charge < -0.3 is 32.0 Å². The molecule has 64 heavy (non-hydrogen) atoms. The van der Waals surface area contributed by atoms with Gasteiger partial charge in [-0.25, -0.2) is 73.3 Å².